The third-order valence-electron chi connectivity index (χ3n) is 5.20. The van der Waals surface area contributed by atoms with Crippen LogP contribution in [-0.4, -0.2) is 22.4 Å². The highest BCUT2D eigenvalue weighted by Gasteiger charge is 2.35. The number of aliphatic hydroxyl groups excluding tert-OH is 1. The Bertz CT molecular complexity index is 618. The van der Waals surface area contributed by atoms with E-state index in [-0.39, 0.29) is 12.2 Å². The van der Waals surface area contributed by atoms with Gasteiger partial charge in [0, 0.05) is 5.92 Å². The van der Waals surface area contributed by atoms with Crippen molar-refractivity contribution in [1.82, 2.24) is 0 Å². The number of hydrogen-bond acceptors (Lipinski definition) is 3. The number of ether oxygens (including phenoxy) is 1. The van der Waals surface area contributed by atoms with E-state index in [1.807, 2.05) is 38.1 Å². The molecule has 1 aliphatic heterocycles. The summed E-state index contributed by atoms with van der Waals surface area (Å²) >= 11 is 0. The van der Waals surface area contributed by atoms with Crippen LogP contribution in [-0.2, 0) is 6.42 Å². The van der Waals surface area contributed by atoms with Crippen LogP contribution in [0.25, 0.3) is 0 Å². The maximum atomic E-state index is 9.83. The molecule has 0 radical (unpaired) electrons. The van der Waals surface area contributed by atoms with Crippen molar-refractivity contribution in [3.05, 3.63) is 47.6 Å². The summed E-state index contributed by atoms with van der Waals surface area (Å²) in [7, 11) is 0. The summed E-state index contributed by atoms with van der Waals surface area (Å²) in [6.07, 6.45) is 9.42. The predicted octanol–water partition coefficient (Wildman–Crippen LogP) is 5.02. The van der Waals surface area contributed by atoms with Gasteiger partial charge in [-0.2, -0.15) is 0 Å². The molecule has 3 rings (SSSR count). The average Bonchev–Trinajstić information content (AvgIpc) is 2.86. The Kier molecular flexibility index (Phi) is 7.12. The van der Waals surface area contributed by atoms with Crippen molar-refractivity contribution in [2.24, 2.45) is 11.8 Å². The van der Waals surface area contributed by atoms with Crippen molar-refractivity contribution >= 4 is 0 Å². The van der Waals surface area contributed by atoms with Crippen molar-refractivity contribution in [1.29, 1.82) is 0 Å². The van der Waals surface area contributed by atoms with Gasteiger partial charge in [-0.15, -0.1) is 0 Å². The molecule has 138 valence electrons. The van der Waals surface area contributed by atoms with Crippen LogP contribution in [0.5, 0.6) is 11.5 Å². The maximum Gasteiger partial charge on any atom is 0.127 e. The fourth-order valence-corrected chi connectivity index (χ4v) is 3.56. The van der Waals surface area contributed by atoms with Gasteiger partial charge in [-0.3, -0.25) is 0 Å². The fourth-order valence-electron chi connectivity index (χ4n) is 3.56. The molecule has 0 saturated carbocycles. The molecule has 2 N–H and O–H groups in total. The minimum Gasteiger partial charge on any atom is -0.508 e. The van der Waals surface area contributed by atoms with E-state index in [1.54, 1.807) is 6.07 Å². The number of benzene rings is 1. The molecule has 1 heterocycles. The summed E-state index contributed by atoms with van der Waals surface area (Å²) in [5.74, 6) is 2.07. The molecular weight excluding hydrogens is 312 g/mol. The Morgan fingerprint density at radius 2 is 2.04 bits per heavy atom. The van der Waals surface area contributed by atoms with E-state index in [9.17, 15) is 10.2 Å². The van der Waals surface area contributed by atoms with Crippen LogP contribution < -0.4 is 4.74 Å². The lowest BCUT2D eigenvalue weighted by Crippen LogP contribution is -2.38. The van der Waals surface area contributed by atoms with Crippen molar-refractivity contribution in [3.63, 3.8) is 0 Å². The van der Waals surface area contributed by atoms with E-state index in [0.717, 1.165) is 37.0 Å². The molecule has 0 aromatic heterocycles. The topological polar surface area (TPSA) is 49.7 Å². The van der Waals surface area contributed by atoms with Crippen molar-refractivity contribution in [2.75, 3.05) is 0 Å². The predicted molar refractivity (Wildman–Crippen MR) is 103 cm³/mol. The Balaban J connectivity index is 0.00000109. The molecule has 3 heteroatoms. The molecule has 0 saturated heterocycles. The number of phenolic OH excluding ortho intramolecular Hbond substituents is 1. The van der Waals surface area contributed by atoms with Crippen LogP contribution in [0.15, 0.2) is 42.0 Å². The van der Waals surface area contributed by atoms with Crippen molar-refractivity contribution in [2.45, 2.75) is 65.6 Å². The lowest BCUT2D eigenvalue weighted by atomic mass is 9.77. The van der Waals surface area contributed by atoms with Crippen LogP contribution in [0.3, 0.4) is 0 Å². The zero-order valence-electron chi connectivity index (χ0n) is 15.9. The molecule has 0 bridgehead atoms. The second kappa shape index (κ2) is 9.10. The van der Waals surface area contributed by atoms with Gasteiger partial charge in [0.15, 0.2) is 0 Å². The minimum atomic E-state index is -0.362. The molecule has 25 heavy (non-hydrogen) atoms. The maximum absolute atomic E-state index is 9.83. The van der Waals surface area contributed by atoms with Gasteiger partial charge in [-0.1, -0.05) is 52.3 Å². The first kappa shape index (κ1) is 19.6. The first-order chi connectivity index (χ1) is 12.1. The van der Waals surface area contributed by atoms with Crippen LogP contribution in [0.4, 0.5) is 0 Å². The second-order valence-electron chi connectivity index (χ2n) is 6.79. The van der Waals surface area contributed by atoms with Crippen LogP contribution in [0, 0.1) is 11.8 Å². The molecule has 1 aromatic rings. The number of hydrogen-bond donors (Lipinski definition) is 2. The average molecular weight is 344 g/mol. The number of allylic oxidation sites excluding steroid dienone is 1. The zero-order chi connectivity index (χ0) is 18.4. The third kappa shape index (κ3) is 4.66. The molecule has 1 aromatic carbocycles. The molecule has 3 nitrogen and oxygen atoms in total. The summed E-state index contributed by atoms with van der Waals surface area (Å²) in [6, 6.07) is 5.36. The van der Waals surface area contributed by atoms with Gasteiger partial charge in [-0.25, -0.2) is 0 Å². The number of rotatable bonds is 3. The highest BCUT2D eigenvalue weighted by Crippen LogP contribution is 2.40. The molecule has 0 amide bonds. The van der Waals surface area contributed by atoms with E-state index >= 15 is 0 Å². The molecule has 3 unspecified atom stereocenters. The smallest absolute Gasteiger partial charge is 0.127 e. The number of fused-ring (bicyclic) bond motifs is 1. The van der Waals surface area contributed by atoms with E-state index in [1.165, 1.54) is 5.57 Å². The summed E-state index contributed by atoms with van der Waals surface area (Å²) < 4.78 is 6.34. The van der Waals surface area contributed by atoms with Crippen LogP contribution in [0.1, 0.15) is 52.5 Å². The summed E-state index contributed by atoms with van der Waals surface area (Å²) in [5.41, 5.74) is 2.26. The van der Waals surface area contributed by atoms with Gasteiger partial charge in [0.2, 0.25) is 0 Å². The summed E-state index contributed by atoms with van der Waals surface area (Å²) in [5, 5.41) is 19.6. The van der Waals surface area contributed by atoms with Crippen LogP contribution in [0.2, 0.25) is 0 Å². The van der Waals surface area contributed by atoms with E-state index in [2.05, 4.69) is 19.9 Å². The number of aromatic hydroxyl groups is 1. The normalized spacial score (nSPS) is 26.3. The van der Waals surface area contributed by atoms with Gasteiger partial charge >= 0.3 is 0 Å². The second-order valence-corrected chi connectivity index (χ2v) is 6.79. The minimum absolute atomic E-state index is 0.0172. The first-order valence-corrected chi connectivity index (χ1v) is 9.63. The van der Waals surface area contributed by atoms with Gasteiger partial charge in [0.1, 0.15) is 17.6 Å². The molecule has 2 aliphatic rings. The Morgan fingerprint density at radius 3 is 2.76 bits per heavy atom. The standard InChI is InChI=1S/C20H26O3.C2H6/c1-3-13(2)18-12-15-11-17(22)9-10-19(15)23-20(18)14-5-4-6-16(21)8-7-14;1-2/h5,7-11,13,16,18,20-22H,3-4,6,12H2,1-2H3;1-2H3/t13?,16?,18?,20-;/m0./s1. The summed E-state index contributed by atoms with van der Waals surface area (Å²) in [4.78, 5) is 0. The van der Waals surface area contributed by atoms with Crippen molar-refractivity contribution < 1.29 is 14.9 Å². The summed E-state index contributed by atoms with van der Waals surface area (Å²) in [6.45, 7) is 8.48. The lowest BCUT2D eigenvalue weighted by Gasteiger charge is -2.37. The molecule has 0 spiro atoms. The monoisotopic (exact) mass is 344 g/mol. The largest absolute Gasteiger partial charge is 0.508 e. The first-order valence-electron chi connectivity index (χ1n) is 9.63. The van der Waals surface area contributed by atoms with E-state index in [4.69, 9.17) is 4.74 Å². The SMILES string of the molecule is CC.CCC(C)C1Cc2cc(O)ccc2O[C@H]1C1=CCCC(O)C=C1. The van der Waals surface area contributed by atoms with Gasteiger partial charge in [0.05, 0.1) is 6.10 Å². The number of phenols is 1. The third-order valence-corrected chi connectivity index (χ3v) is 5.20. The molecular formula is C22H32O3. The van der Waals surface area contributed by atoms with Gasteiger partial charge < -0.3 is 14.9 Å². The fraction of sp³-hybridized carbons (Fsp3) is 0.545. The highest BCUT2D eigenvalue weighted by atomic mass is 16.5. The molecule has 1 aliphatic carbocycles. The van der Waals surface area contributed by atoms with E-state index < -0.39 is 0 Å². The van der Waals surface area contributed by atoms with Gasteiger partial charge in [-0.05, 0) is 54.5 Å². The lowest BCUT2D eigenvalue weighted by molar-refractivity contribution is 0.109. The Labute approximate surface area is 152 Å². The van der Waals surface area contributed by atoms with Gasteiger partial charge in [0.25, 0.3) is 0 Å². The zero-order valence-corrected chi connectivity index (χ0v) is 15.9. The number of aliphatic hydroxyl groups is 1. The van der Waals surface area contributed by atoms with E-state index in [0.29, 0.717) is 17.6 Å². The van der Waals surface area contributed by atoms with Crippen LogP contribution >= 0.6 is 0 Å². The Hall–Kier alpha value is -1.74. The Morgan fingerprint density at radius 1 is 1.28 bits per heavy atom. The highest BCUT2D eigenvalue weighted by molar-refractivity contribution is 5.43. The molecule has 4 atom stereocenters. The quantitative estimate of drug-likeness (QED) is 0.809. The van der Waals surface area contributed by atoms with Crippen molar-refractivity contribution in [3.8, 4) is 11.5 Å². The molecule has 0 fully saturated rings.